The number of carbonyl (C=O) groups is 1. The molecule has 0 aliphatic heterocycles. The molecule has 3 aromatic rings. The summed E-state index contributed by atoms with van der Waals surface area (Å²) in [5.74, 6) is -0.539. The summed E-state index contributed by atoms with van der Waals surface area (Å²) in [5, 5.41) is 3.92. The van der Waals surface area contributed by atoms with Gasteiger partial charge in [-0.2, -0.15) is 13.2 Å². The maximum absolute atomic E-state index is 13.9. The number of carbonyl (C=O) groups excluding carboxylic acids is 1. The molecule has 0 N–H and O–H groups in total. The minimum Gasteiger partial charge on any atom is -0.356 e. The van der Waals surface area contributed by atoms with E-state index in [4.69, 9.17) is 4.52 Å². The van der Waals surface area contributed by atoms with Crippen LogP contribution in [0.1, 0.15) is 28.8 Å². The molecule has 1 aromatic heterocycles. The van der Waals surface area contributed by atoms with Crippen molar-refractivity contribution in [3.63, 3.8) is 0 Å². The van der Waals surface area contributed by atoms with E-state index < -0.39 is 17.6 Å². The second-order valence-corrected chi connectivity index (χ2v) is 7.52. The van der Waals surface area contributed by atoms with E-state index in [-0.39, 0.29) is 30.6 Å². The van der Waals surface area contributed by atoms with Crippen molar-refractivity contribution < 1.29 is 26.9 Å². The fraction of sp³-hybridized carbons (Fsp3) is 0.238. The van der Waals surface area contributed by atoms with Crippen LogP contribution in [-0.4, -0.2) is 10.9 Å². The van der Waals surface area contributed by atoms with Crippen molar-refractivity contribution in [2.24, 2.45) is 0 Å². The second-order valence-electron chi connectivity index (χ2n) is 6.60. The van der Waals surface area contributed by atoms with Gasteiger partial charge in [0.25, 0.3) is 0 Å². The summed E-state index contributed by atoms with van der Waals surface area (Å²) in [5.41, 5.74) is 0.848. The molecule has 1 heterocycles. The summed E-state index contributed by atoms with van der Waals surface area (Å²) in [7, 11) is 0. The highest BCUT2D eigenvalue weighted by Gasteiger charge is 2.31. The summed E-state index contributed by atoms with van der Waals surface area (Å²) in [6, 6.07) is 9.50. The predicted molar refractivity (Wildman–Crippen MR) is 103 cm³/mol. The molecule has 0 fully saturated rings. The number of nitrogens with zero attached hydrogens (tertiary/aromatic N) is 1. The topological polar surface area (TPSA) is 43.1 Å². The van der Waals surface area contributed by atoms with Crippen LogP contribution < -0.4 is 0 Å². The Morgan fingerprint density at radius 2 is 1.83 bits per heavy atom. The van der Waals surface area contributed by atoms with Crippen LogP contribution >= 0.6 is 15.9 Å². The number of halogens is 5. The molecule has 3 rings (SSSR count). The smallest absolute Gasteiger partial charge is 0.356 e. The number of ketones is 1. The van der Waals surface area contributed by atoms with Crippen molar-refractivity contribution in [1.82, 2.24) is 5.16 Å². The Labute approximate surface area is 172 Å². The third kappa shape index (κ3) is 5.12. The zero-order valence-corrected chi connectivity index (χ0v) is 16.9. The van der Waals surface area contributed by atoms with Crippen molar-refractivity contribution in [3.8, 4) is 11.3 Å². The van der Waals surface area contributed by atoms with Gasteiger partial charge in [-0.1, -0.05) is 33.2 Å². The van der Waals surface area contributed by atoms with E-state index in [1.165, 1.54) is 0 Å². The number of hydrogen-bond acceptors (Lipinski definition) is 3. The number of rotatable bonds is 6. The van der Waals surface area contributed by atoms with Gasteiger partial charge in [0.1, 0.15) is 11.6 Å². The quantitative estimate of drug-likeness (QED) is 0.397. The third-order valence-electron chi connectivity index (χ3n) is 4.51. The first-order chi connectivity index (χ1) is 13.6. The van der Waals surface area contributed by atoms with Crippen LogP contribution in [0.25, 0.3) is 11.3 Å². The highest BCUT2D eigenvalue weighted by atomic mass is 79.9. The minimum atomic E-state index is -4.56. The molecular formula is C21H16BrF4NO2. The fourth-order valence-corrected chi connectivity index (χ4v) is 3.19. The summed E-state index contributed by atoms with van der Waals surface area (Å²) in [4.78, 5) is 12.4. The van der Waals surface area contributed by atoms with Gasteiger partial charge in [-0.25, -0.2) is 4.39 Å². The van der Waals surface area contributed by atoms with Gasteiger partial charge < -0.3 is 4.52 Å². The molecule has 0 aliphatic carbocycles. The van der Waals surface area contributed by atoms with Gasteiger partial charge in [-0.05, 0) is 49.2 Å². The number of hydrogen-bond donors (Lipinski definition) is 0. The lowest BCUT2D eigenvalue weighted by Crippen LogP contribution is -2.09. The highest BCUT2D eigenvalue weighted by Crippen LogP contribution is 2.31. The van der Waals surface area contributed by atoms with Crippen molar-refractivity contribution in [2.45, 2.75) is 32.4 Å². The molecule has 0 aliphatic rings. The van der Waals surface area contributed by atoms with E-state index in [0.29, 0.717) is 23.1 Å². The van der Waals surface area contributed by atoms with E-state index >= 15 is 0 Å². The molecule has 8 heteroatoms. The Hall–Kier alpha value is -2.48. The van der Waals surface area contributed by atoms with Gasteiger partial charge in [0, 0.05) is 28.4 Å². The standard InChI is InChI=1S/C21H16BrF4NO2/c1-12-18(20(29-27-12)13-2-6-16(22)7-3-13)11-17(28)8-4-14-10-15(21(24,25)26)5-9-19(14)23/h2-3,5-7,9-10H,4,8,11H2,1H3. The fourth-order valence-electron chi connectivity index (χ4n) is 2.93. The lowest BCUT2D eigenvalue weighted by atomic mass is 9.98. The minimum absolute atomic E-state index is 0.00130. The van der Waals surface area contributed by atoms with E-state index in [9.17, 15) is 22.4 Å². The third-order valence-corrected chi connectivity index (χ3v) is 5.04. The summed E-state index contributed by atoms with van der Waals surface area (Å²) < 4.78 is 58.5. The Morgan fingerprint density at radius 3 is 2.48 bits per heavy atom. The zero-order chi connectivity index (χ0) is 21.2. The first-order valence-corrected chi connectivity index (χ1v) is 9.53. The van der Waals surface area contributed by atoms with Gasteiger partial charge in [0.15, 0.2) is 5.76 Å². The molecule has 0 saturated heterocycles. The van der Waals surface area contributed by atoms with Crippen molar-refractivity contribution in [1.29, 1.82) is 0 Å². The van der Waals surface area contributed by atoms with Gasteiger partial charge >= 0.3 is 6.18 Å². The van der Waals surface area contributed by atoms with Gasteiger partial charge in [0.2, 0.25) is 0 Å². The lowest BCUT2D eigenvalue weighted by Gasteiger charge is -2.10. The van der Waals surface area contributed by atoms with E-state index in [1.54, 1.807) is 6.92 Å². The Balaban J connectivity index is 1.73. The number of alkyl halides is 3. The molecule has 0 unspecified atom stereocenters. The van der Waals surface area contributed by atoms with Crippen molar-refractivity contribution in [3.05, 3.63) is 75.1 Å². The number of aryl methyl sites for hydroxylation is 2. The SMILES string of the molecule is Cc1noc(-c2ccc(Br)cc2)c1CC(=O)CCc1cc(C(F)(F)F)ccc1F. The largest absolute Gasteiger partial charge is 0.416 e. The molecule has 0 radical (unpaired) electrons. The van der Waals surface area contributed by atoms with Gasteiger partial charge in [-0.3, -0.25) is 4.79 Å². The van der Waals surface area contributed by atoms with E-state index in [2.05, 4.69) is 21.1 Å². The molecule has 2 aromatic carbocycles. The van der Waals surface area contributed by atoms with Crippen LogP contribution in [0.5, 0.6) is 0 Å². The Morgan fingerprint density at radius 1 is 1.14 bits per heavy atom. The molecule has 3 nitrogen and oxygen atoms in total. The predicted octanol–water partition coefficient (Wildman–Crippen LogP) is 6.31. The monoisotopic (exact) mass is 469 g/mol. The molecule has 0 saturated carbocycles. The molecule has 0 atom stereocenters. The molecule has 0 amide bonds. The average molecular weight is 470 g/mol. The average Bonchev–Trinajstić information content (AvgIpc) is 3.01. The van der Waals surface area contributed by atoms with E-state index in [1.807, 2.05) is 24.3 Å². The number of benzene rings is 2. The van der Waals surface area contributed by atoms with E-state index in [0.717, 1.165) is 22.2 Å². The lowest BCUT2D eigenvalue weighted by molar-refractivity contribution is -0.137. The van der Waals surface area contributed by atoms with Crippen LogP contribution in [0.3, 0.4) is 0 Å². The molecular weight excluding hydrogens is 454 g/mol. The van der Waals surface area contributed by atoms with Crippen LogP contribution in [0, 0.1) is 12.7 Å². The van der Waals surface area contributed by atoms with Crippen molar-refractivity contribution in [2.75, 3.05) is 0 Å². The first kappa shape index (κ1) is 21.2. The summed E-state index contributed by atoms with van der Waals surface area (Å²) >= 11 is 3.35. The van der Waals surface area contributed by atoms with Crippen molar-refractivity contribution >= 4 is 21.7 Å². The Kier molecular flexibility index (Phi) is 6.21. The molecule has 152 valence electrons. The van der Waals surface area contributed by atoms with Crippen LogP contribution in [0.4, 0.5) is 17.6 Å². The number of aromatic nitrogens is 1. The molecule has 0 spiro atoms. The molecule has 0 bridgehead atoms. The number of Topliss-reactive ketones (excluding diaryl/α,β-unsaturated/α-hetero) is 1. The summed E-state index contributed by atoms with van der Waals surface area (Å²) in [6.45, 7) is 1.71. The first-order valence-electron chi connectivity index (χ1n) is 8.73. The maximum atomic E-state index is 13.9. The zero-order valence-electron chi connectivity index (χ0n) is 15.3. The van der Waals surface area contributed by atoms with Crippen LogP contribution in [0.15, 0.2) is 51.5 Å². The Bertz CT molecular complexity index is 1030. The van der Waals surface area contributed by atoms with Gasteiger partial charge in [-0.15, -0.1) is 0 Å². The van der Waals surface area contributed by atoms with Crippen LogP contribution in [0.2, 0.25) is 0 Å². The van der Waals surface area contributed by atoms with Crippen LogP contribution in [-0.2, 0) is 23.8 Å². The highest BCUT2D eigenvalue weighted by molar-refractivity contribution is 9.10. The normalized spacial score (nSPS) is 11.7. The molecule has 29 heavy (non-hydrogen) atoms. The summed E-state index contributed by atoms with van der Waals surface area (Å²) in [6.07, 6.45) is -4.78. The maximum Gasteiger partial charge on any atom is 0.416 e. The van der Waals surface area contributed by atoms with Gasteiger partial charge in [0.05, 0.1) is 11.3 Å². The second kappa shape index (κ2) is 8.49.